The van der Waals surface area contributed by atoms with Gasteiger partial charge in [0.1, 0.15) is 0 Å². The van der Waals surface area contributed by atoms with Gasteiger partial charge in [0.25, 0.3) is 0 Å². The Labute approximate surface area is 72.1 Å². The molecule has 2 N–H and O–H groups in total. The van der Waals surface area contributed by atoms with Crippen LogP contribution >= 0.6 is 11.7 Å². The van der Waals surface area contributed by atoms with E-state index in [0.29, 0.717) is 3.70 Å². The summed E-state index contributed by atoms with van der Waals surface area (Å²) in [5.41, 5.74) is 5.07. The molecule has 10 heavy (non-hydrogen) atoms. The molecule has 0 unspecified atom stereocenters. The van der Waals surface area contributed by atoms with E-state index >= 15 is 0 Å². The average Bonchev–Trinajstić information content (AvgIpc) is 1.95. The molecule has 0 atom stereocenters. The molecule has 6 heteroatoms. The van der Waals surface area contributed by atoms with Gasteiger partial charge in [-0.2, -0.15) is 0 Å². The van der Waals surface area contributed by atoms with Crippen LogP contribution in [0.3, 0.4) is 0 Å². The fourth-order valence-corrected chi connectivity index (χ4v) is 2.47. The minimum absolute atomic E-state index is 0.0801. The molecule has 1 aromatic rings. The first kappa shape index (κ1) is 7.86. The molecular weight excluding hydrogens is 265 g/mol. The topological polar surface area (TPSA) is 68.9 Å². The fraction of sp³-hybridized carbons (Fsp3) is 0.250. The zero-order chi connectivity index (χ0) is 7.56. The third-order valence-corrected chi connectivity index (χ3v) is 3.48. The van der Waals surface area contributed by atoms with Crippen LogP contribution in [0.2, 0.25) is 0 Å². The maximum atomic E-state index is 11.0. The van der Waals surface area contributed by atoms with Crippen LogP contribution in [0.4, 0.5) is 5.82 Å². The number of hydrogen-bond acceptors (Lipinski definition) is 5. The predicted octanol–water partition coefficient (Wildman–Crippen LogP) is -3.63. The van der Waals surface area contributed by atoms with Gasteiger partial charge in [0.15, 0.2) is 0 Å². The van der Waals surface area contributed by atoms with Gasteiger partial charge in [0.2, 0.25) is 0 Å². The molecule has 0 aliphatic rings. The summed E-state index contributed by atoms with van der Waals surface area (Å²) in [5.74, 6) is 0.0801. The number of rotatable bonds is 1. The summed E-state index contributed by atoms with van der Waals surface area (Å²) in [6, 6.07) is 0. The van der Waals surface area contributed by atoms with E-state index in [9.17, 15) is 4.79 Å². The van der Waals surface area contributed by atoms with Gasteiger partial charge in [-0.05, 0) is 0 Å². The summed E-state index contributed by atoms with van der Waals surface area (Å²) in [7, 11) is 0. The normalized spacial score (nSPS) is 10.1. The molecule has 0 fully saturated rings. The van der Waals surface area contributed by atoms with Crippen LogP contribution < -0.4 is 32.4 Å². The van der Waals surface area contributed by atoms with Crippen molar-refractivity contribution in [3.05, 3.63) is 13.9 Å². The fourth-order valence-electron chi connectivity index (χ4n) is 0.409. The molecule has 0 aliphatic carbocycles. The summed E-state index contributed by atoms with van der Waals surface area (Å²) >= 11 is 0.735. The third-order valence-electron chi connectivity index (χ3n) is 0.859. The monoisotopic (exact) mass is 270 g/mol. The van der Waals surface area contributed by atoms with Gasteiger partial charge >= 0.3 is 72.1 Å². The molecule has 0 bridgehead atoms. The standard InChI is InChI=1S/C4H5IN3OS/c1-5-3-2(9)4(6)8-10-7-3/h1H3,(H2,6,8)/q-1. The molecule has 1 rings (SSSR count). The SMILES string of the molecule is C[I-]c1nsnc(N)c1=O. The summed E-state index contributed by atoms with van der Waals surface area (Å²) in [6.07, 6.45) is 0. The van der Waals surface area contributed by atoms with E-state index in [0.717, 1.165) is 11.7 Å². The van der Waals surface area contributed by atoms with Crippen LogP contribution in [0.1, 0.15) is 0 Å². The van der Waals surface area contributed by atoms with Crippen LogP contribution in [0, 0.1) is 3.70 Å². The first-order valence-electron chi connectivity index (χ1n) is 2.37. The number of hydrogen-bond donors (Lipinski definition) is 1. The first-order valence-corrected chi connectivity index (χ1v) is 6.34. The van der Waals surface area contributed by atoms with E-state index in [1.807, 2.05) is 4.93 Å². The maximum absolute atomic E-state index is 11.0. The van der Waals surface area contributed by atoms with Gasteiger partial charge < -0.3 is 0 Å². The van der Waals surface area contributed by atoms with Gasteiger partial charge in [0, 0.05) is 0 Å². The van der Waals surface area contributed by atoms with Gasteiger partial charge in [-0.1, -0.05) is 0 Å². The molecule has 56 valence electrons. The summed E-state index contributed by atoms with van der Waals surface area (Å²) in [4.78, 5) is 13.0. The Morgan fingerprint density at radius 2 is 2.30 bits per heavy atom. The Morgan fingerprint density at radius 3 is 2.80 bits per heavy atom. The van der Waals surface area contributed by atoms with Gasteiger partial charge in [-0.15, -0.1) is 0 Å². The minimum atomic E-state index is -0.262. The molecule has 0 aromatic carbocycles. The van der Waals surface area contributed by atoms with E-state index < -0.39 is 0 Å². The second-order valence-electron chi connectivity index (χ2n) is 1.46. The van der Waals surface area contributed by atoms with Crippen LogP contribution in [0.5, 0.6) is 0 Å². The van der Waals surface area contributed by atoms with Gasteiger partial charge in [0.05, 0.1) is 0 Å². The molecule has 0 saturated heterocycles. The molecule has 0 amide bonds. The molecule has 0 spiro atoms. The number of nitrogen functional groups attached to an aromatic ring is 1. The van der Waals surface area contributed by atoms with Crippen molar-refractivity contribution >= 4 is 17.5 Å². The Kier molecular flexibility index (Phi) is 2.55. The molecule has 1 heterocycles. The van der Waals surface area contributed by atoms with Crippen molar-refractivity contribution in [2.75, 3.05) is 10.7 Å². The molecule has 1 aromatic heterocycles. The van der Waals surface area contributed by atoms with E-state index in [-0.39, 0.29) is 32.5 Å². The van der Waals surface area contributed by atoms with Gasteiger partial charge in [-0.3, -0.25) is 0 Å². The Morgan fingerprint density at radius 1 is 1.60 bits per heavy atom. The van der Waals surface area contributed by atoms with Crippen LogP contribution in [-0.4, -0.2) is 13.7 Å². The van der Waals surface area contributed by atoms with Crippen molar-refractivity contribution < 1.29 is 21.2 Å². The predicted molar refractivity (Wildman–Crippen MR) is 35.2 cm³/mol. The van der Waals surface area contributed by atoms with Crippen molar-refractivity contribution in [3.63, 3.8) is 0 Å². The summed E-state index contributed by atoms with van der Waals surface area (Å²) in [6.45, 7) is 0. The van der Waals surface area contributed by atoms with Crippen molar-refractivity contribution in [2.45, 2.75) is 0 Å². The Hall–Kier alpha value is -0.240. The molecule has 4 nitrogen and oxygen atoms in total. The van der Waals surface area contributed by atoms with Gasteiger partial charge in [-0.25, -0.2) is 0 Å². The second kappa shape index (κ2) is 3.24. The van der Waals surface area contributed by atoms with E-state index in [1.165, 1.54) is 0 Å². The number of nitrogens with two attached hydrogens (primary N) is 1. The van der Waals surface area contributed by atoms with E-state index in [4.69, 9.17) is 5.73 Å². The van der Waals surface area contributed by atoms with Crippen molar-refractivity contribution in [1.29, 1.82) is 0 Å². The molecule has 0 saturated carbocycles. The second-order valence-corrected chi connectivity index (χ2v) is 4.09. The first-order chi connectivity index (χ1) is 4.75. The third kappa shape index (κ3) is 1.43. The van der Waals surface area contributed by atoms with E-state index in [2.05, 4.69) is 8.75 Å². The van der Waals surface area contributed by atoms with Crippen molar-refractivity contribution in [3.8, 4) is 0 Å². The van der Waals surface area contributed by atoms with Crippen LogP contribution in [0.25, 0.3) is 0 Å². The Bertz CT molecular complexity index is 286. The number of halogens is 1. The number of aromatic nitrogens is 2. The molecule has 0 aliphatic heterocycles. The summed E-state index contributed by atoms with van der Waals surface area (Å²) < 4.78 is 8.05. The quantitative estimate of drug-likeness (QED) is 0.422. The zero-order valence-corrected chi connectivity index (χ0v) is 8.14. The van der Waals surface area contributed by atoms with Crippen LogP contribution in [0.15, 0.2) is 4.79 Å². The zero-order valence-electron chi connectivity index (χ0n) is 5.17. The number of nitrogens with zero attached hydrogens (tertiary/aromatic N) is 2. The van der Waals surface area contributed by atoms with E-state index in [1.54, 1.807) is 0 Å². The van der Waals surface area contributed by atoms with Crippen LogP contribution in [-0.2, 0) is 0 Å². The van der Waals surface area contributed by atoms with Crippen molar-refractivity contribution in [1.82, 2.24) is 8.75 Å². The average molecular weight is 270 g/mol. The molecular formula is C4H5IN3OS-. The number of anilines is 1. The van der Waals surface area contributed by atoms with Crippen molar-refractivity contribution in [2.24, 2.45) is 0 Å². The number of alkyl halides is 1. The Balaban J connectivity index is 3.28. The molecule has 0 radical (unpaired) electrons. The summed E-state index contributed by atoms with van der Waals surface area (Å²) in [5, 5.41) is 0.